The number of carbonyl (C=O) groups is 2. The summed E-state index contributed by atoms with van der Waals surface area (Å²) in [4.78, 5) is 23.6. The number of fused-ring (bicyclic) bond motifs is 1. The molecule has 0 atom stereocenters. The van der Waals surface area contributed by atoms with Crippen molar-refractivity contribution in [3.05, 3.63) is 53.1 Å². The van der Waals surface area contributed by atoms with E-state index in [1.807, 2.05) is 0 Å². The van der Waals surface area contributed by atoms with Gasteiger partial charge in [-0.2, -0.15) is 0 Å². The van der Waals surface area contributed by atoms with Gasteiger partial charge in [0.15, 0.2) is 11.6 Å². The predicted molar refractivity (Wildman–Crippen MR) is 84.3 cm³/mol. The molecule has 1 aliphatic heterocycles. The summed E-state index contributed by atoms with van der Waals surface area (Å²) in [6.45, 7) is 1.80. The van der Waals surface area contributed by atoms with E-state index < -0.39 is 23.4 Å². The summed E-state index contributed by atoms with van der Waals surface area (Å²) >= 11 is 0. The number of ether oxygens (including phenoxy) is 1. The van der Waals surface area contributed by atoms with Crippen LogP contribution in [0, 0.1) is 11.6 Å². The first-order chi connectivity index (χ1) is 11.4. The van der Waals surface area contributed by atoms with Crippen LogP contribution in [0.2, 0.25) is 0 Å². The maximum atomic E-state index is 13.5. The molecule has 5 nitrogen and oxygen atoms in total. The normalized spacial score (nSPS) is 12.3. The summed E-state index contributed by atoms with van der Waals surface area (Å²) in [6, 6.07) is 6.61. The summed E-state index contributed by atoms with van der Waals surface area (Å²) in [7, 11) is 0. The molecule has 0 bridgehead atoms. The van der Waals surface area contributed by atoms with E-state index in [1.54, 1.807) is 18.2 Å². The van der Waals surface area contributed by atoms with Gasteiger partial charge in [0.2, 0.25) is 5.91 Å². The zero-order valence-electron chi connectivity index (χ0n) is 12.8. The third kappa shape index (κ3) is 3.19. The number of carbonyl (C=O) groups excluding carboxylic acids is 2. The predicted octanol–water partition coefficient (Wildman–Crippen LogP) is 3.11. The van der Waals surface area contributed by atoms with Crippen LogP contribution in [0.1, 0.15) is 22.8 Å². The van der Waals surface area contributed by atoms with E-state index in [0.29, 0.717) is 18.6 Å². The zero-order valence-corrected chi connectivity index (χ0v) is 12.8. The number of rotatable bonds is 3. The Morgan fingerprint density at radius 1 is 1.04 bits per heavy atom. The standard InChI is InChI=1S/C17H14F2N2O3/c1-9(22)20-14-7-12(18)13(19)8-15(14)21-17(23)11-2-3-16-10(6-11)4-5-24-16/h2-3,6-8H,4-5H2,1H3,(H,20,22)(H,21,23). The number of amides is 2. The number of benzene rings is 2. The minimum atomic E-state index is -1.12. The molecule has 0 unspecified atom stereocenters. The Bertz CT molecular complexity index is 837. The van der Waals surface area contributed by atoms with Crippen molar-refractivity contribution >= 4 is 23.2 Å². The monoisotopic (exact) mass is 332 g/mol. The molecule has 1 heterocycles. The van der Waals surface area contributed by atoms with Crippen LogP contribution < -0.4 is 15.4 Å². The molecule has 1 aliphatic rings. The Labute approximate surface area is 136 Å². The second-order valence-corrected chi connectivity index (χ2v) is 5.37. The van der Waals surface area contributed by atoms with Crippen molar-refractivity contribution in [2.45, 2.75) is 13.3 Å². The van der Waals surface area contributed by atoms with Gasteiger partial charge in [0.1, 0.15) is 5.75 Å². The molecule has 0 radical (unpaired) electrons. The average molecular weight is 332 g/mol. The van der Waals surface area contributed by atoms with Gasteiger partial charge in [0.25, 0.3) is 5.91 Å². The minimum absolute atomic E-state index is 0.0146. The van der Waals surface area contributed by atoms with Gasteiger partial charge in [-0.1, -0.05) is 0 Å². The minimum Gasteiger partial charge on any atom is -0.493 e. The van der Waals surface area contributed by atoms with Crippen molar-refractivity contribution in [1.82, 2.24) is 0 Å². The second kappa shape index (κ2) is 6.27. The summed E-state index contributed by atoms with van der Waals surface area (Å²) in [6.07, 6.45) is 0.707. The van der Waals surface area contributed by atoms with Crippen LogP contribution in [0.4, 0.5) is 20.2 Å². The molecular formula is C17H14F2N2O3. The first-order valence-corrected chi connectivity index (χ1v) is 7.28. The number of anilines is 2. The Balaban J connectivity index is 1.88. The molecule has 2 aromatic carbocycles. The molecule has 7 heteroatoms. The fourth-order valence-corrected chi connectivity index (χ4v) is 2.47. The fraction of sp³-hybridized carbons (Fsp3) is 0.176. The van der Waals surface area contributed by atoms with Crippen molar-refractivity contribution in [1.29, 1.82) is 0 Å². The highest BCUT2D eigenvalue weighted by molar-refractivity contribution is 6.07. The lowest BCUT2D eigenvalue weighted by Gasteiger charge is -2.12. The molecule has 3 rings (SSSR count). The molecule has 24 heavy (non-hydrogen) atoms. The SMILES string of the molecule is CC(=O)Nc1cc(F)c(F)cc1NC(=O)c1ccc2c(c1)CCO2. The highest BCUT2D eigenvalue weighted by Crippen LogP contribution is 2.28. The van der Waals surface area contributed by atoms with Crippen molar-refractivity contribution in [2.75, 3.05) is 17.2 Å². The Hall–Kier alpha value is -2.96. The first-order valence-electron chi connectivity index (χ1n) is 7.28. The van der Waals surface area contributed by atoms with Crippen molar-refractivity contribution in [3.63, 3.8) is 0 Å². The van der Waals surface area contributed by atoms with Gasteiger partial charge in [-0.05, 0) is 23.8 Å². The first kappa shape index (κ1) is 15.9. The molecule has 2 amide bonds. The van der Waals surface area contributed by atoms with E-state index >= 15 is 0 Å². The lowest BCUT2D eigenvalue weighted by Crippen LogP contribution is -2.16. The maximum absolute atomic E-state index is 13.5. The molecule has 124 valence electrons. The molecular weight excluding hydrogens is 318 g/mol. The summed E-state index contributed by atoms with van der Waals surface area (Å²) in [5.74, 6) is -2.47. The van der Waals surface area contributed by atoms with Crippen LogP contribution >= 0.6 is 0 Å². The molecule has 2 N–H and O–H groups in total. The summed E-state index contributed by atoms with van der Waals surface area (Å²) in [5, 5.41) is 4.85. The van der Waals surface area contributed by atoms with Crippen LogP contribution in [-0.2, 0) is 11.2 Å². The highest BCUT2D eigenvalue weighted by atomic mass is 19.2. The van der Waals surface area contributed by atoms with E-state index in [-0.39, 0.29) is 11.4 Å². The lowest BCUT2D eigenvalue weighted by atomic mass is 10.1. The largest absolute Gasteiger partial charge is 0.493 e. The van der Waals surface area contributed by atoms with Gasteiger partial charge >= 0.3 is 0 Å². The van der Waals surface area contributed by atoms with Gasteiger partial charge in [-0.25, -0.2) is 8.78 Å². The van der Waals surface area contributed by atoms with Gasteiger partial charge in [-0.15, -0.1) is 0 Å². The van der Waals surface area contributed by atoms with Gasteiger partial charge in [0.05, 0.1) is 18.0 Å². The second-order valence-electron chi connectivity index (χ2n) is 5.37. The fourth-order valence-electron chi connectivity index (χ4n) is 2.47. The van der Waals surface area contributed by atoms with Crippen LogP contribution in [0.25, 0.3) is 0 Å². The van der Waals surface area contributed by atoms with Crippen molar-refractivity contribution in [2.24, 2.45) is 0 Å². The molecule has 0 saturated heterocycles. The molecule has 0 fully saturated rings. The quantitative estimate of drug-likeness (QED) is 0.907. The molecule has 0 aliphatic carbocycles. The average Bonchev–Trinajstić information content (AvgIpc) is 2.99. The summed E-state index contributed by atoms with van der Waals surface area (Å²) in [5.41, 5.74) is 1.23. The van der Waals surface area contributed by atoms with Crippen LogP contribution in [-0.4, -0.2) is 18.4 Å². The van der Waals surface area contributed by atoms with E-state index in [4.69, 9.17) is 4.74 Å². The van der Waals surface area contributed by atoms with E-state index in [9.17, 15) is 18.4 Å². The number of halogens is 2. The van der Waals surface area contributed by atoms with Crippen LogP contribution in [0.3, 0.4) is 0 Å². The van der Waals surface area contributed by atoms with Gasteiger partial charge in [-0.3, -0.25) is 9.59 Å². The van der Waals surface area contributed by atoms with E-state index in [0.717, 1.165) is 23.4 Å². The highest BCUT2D eigenvalue weighted by Gasteiger charge is 2.17. The van der Waals surface area contributed by atoms with Gasteiger partial charge < -0.3 is 15.4 Å². The topological polar surface area (TPSA) is 67.4 Å². The van der Waals surface area contributed by atoms with Crippen molar-refractivity contribution in [3.8, 4) is 5.75 Å². The Morgan fingerprint density at radius 3 is 2.38 bits per heavy atom. The maximum Gasteiger partial charge on any atom is 0.255 e. The number of nitrogens with one attached hydrogen (secondary N) is 2. The van der Waals surface area contributed by atoms with E-state index in [2.05, 4.69) is 10.6 Å². The third-order valence-corrected chi connectivity index (χ3v) is 3.57. The number of hydrogen-bond donors (Lipinski definition) is 2. The summed E-state index contributed by atoms with van der Waals surface area (Å²) < 4.78 is 32.2. The van der Waals surface area contributed by atoms with Crippen molar-refractivity contribution < 1.29 is 23.1 Å². The third-order valence-electron chi connectivity index (χ3n) is 3.57. The molecule has 0 spiro atoms. The molecule has 0 aromatic heterocycles. The number of hydrogen-bond acceptors (Lipinski definition) is 3. The van der Waals surface area contributed by atoms with E-state index in [1.165, 1.54) is 6.92 Å². The van der Waals surface area contributed by atoms with Crippen LogP contribution in [0.5, 0.6) is 5.75 Å². The molecule has 0 saturated carbocycles. The molecule has 2 aromatic rings. The Morgan fingerprint density at radius 2 is 1.71 bits per heavy atom. The van der Waals surface area contributed by atoms with Gasteiger partial charge in [0, 0.05) is 31.0 Å². The smallest absolute Gasteiger partial charge is 0.255 e. The Kier molecular flexibility index (Phi) is 4.16. The lowest BCUT2D eigenvalue weighted by molar-refractivity contribution is -0.114. The van der Waals surface area contributed by atoms with Crippen LogP contribution in [0.15, 0.2) is 30.3 Å². The zero-order chi connectivity index (χ0) is 17.3.